The Bertz CT molecular complexity index is 386. The Labute approximate surface area is 91.4 Å². The van der Waals surface area contributed by atoms with Crippen LogP contribution in [-0.4, -0.2) is 24.5 Å². The standard InChI is InChI=1S/C14H16N/c1-4-8-15(9-5-1)11-13-10-12-6-2-3-7-14(12)13/h1-3,6-7,10H,4-5,8-9,11H2. The van der Waals surface area contributed by atoms with E-state index in [1.54, 1.807) is 0 Å². The quantitative estimate of drug-likeness (QED) is 0.706. The predicted molar refractivity (Wildman–Crippen MR) is 64.3 cm³/mol. The van der Waals surface area contributed by atoms with Crippen molar-refractivity contribution in [1.82, 2.24) is 4.90 Å². The second kappa shape index (κ2) is 3.82. The van der Waals surface area contributed by atoms with Gasteiger partial charge in [0.1, 0.15) is 0 Å². The summed E-state index contributed by atoms with van der Waals surface area (Å²) in [7, 11) is 0. The second-order valence-corrected chi connectivity index (χ2v) is 4.40. The lowest BCUT2D eigenvalue weighted by Gasteiger charge is -2.30. The molecule has 2 aliphatic rings. The number of benzene rings is 1. The molecule has 1 saturated heterocycles. The molecule has 1 aliphatic heterocycles. The topological polar surface area (TPSA) is 3.24 Å². The molecule has 1 heteroatoms. The molecular weight excluding hydrogens is 182 g/mol. The van der Waals surface area contributed by atoms with Crippen molar-refractivity contribution in [2.75, 3.05) is 19.6 Å². The summed E-state index contributed by atoms with van der Waals surface area (Å²) in [6.07, 6.45) is 7.25. The zero-order chi connectivity index (χ0) is 10.1. The van der Waals surface area contributed by atoms with Crippen LogP contribution in [0.3, 0.4) is 0 Å². The molecule has 0 aromatic heterocycles. The minimum Gasteiger partial charge on any atom is -0.299 e. The van der Waals surface area contributed by atoms with E-state index in [1.807, 2.05) is 0 Å². The third kappa shape index (κ3) is 1.72. The van der Waals surface area contributed by atoms with E-state index in [0.29, 0.717) is 0 Å². The van der Waals surface area contributed by atoms with Crippen molar-refractivity contribution in [2.45, 2.75) is 12.8 Å². The first kappa shape index (κ1) is 9.17. The molecule has 1 nitrogen and oxygen atoms in total. The van der Waals surface area contributed by atoms with E-state index < -0.39 is 0 Å². The summed E-state index contributed by atoms with van der Waals surface area (Å²) in [5.74, 6) is 0. The van der Waals surface area contributed by atoms with Crippen LogP contribution in [0.1, 0.15) is 24.0 Å². The molecule has 0 unspecified atom stereocenters. The van der Waals surface area contributed by atoms with E-state index in [0.717, 1.165) is 6.54 Å². The maximum atomic E-state index is 2.56. The first-order valence-electron chi connectivity index (χ1n) is 5.77. The minimum absolute atomic E-state index is 1.14. The van der Waals surface area contributed by atoms with Crippen LogP contribution in [0.25, 0.3) is 11.6 Å². The van der Waals surface area contributed by atoms with Crippen LogP contribution in [0.2, 0.25) is 0 Å². The third-order valence-corrected chi connectivity index (χ3v) is 3.33. The largest absolute Gasteiger partial charge is 0.299 e. The van der Waals surface area contributed by atoms with Crippen molar-refractivity contribution in [1.29, 1.82) is 0 Å². The molecule has 0 spiro atoms. The fourth-order valence-electron chi connectivity index (χ4n) is 2.44. The summed E-state index contributed by atoms with van der Waals surface area (Å²) in [4.78, 5) is 2.56. The lowest BCUT2D eigenvalue weighted by molar-refractivity contribution is 0.284. The fraction of sp³-hybridized carbons (Fsp3) is 0.357. The second-order valence-electron chi connectivity index (χ2n) is 4.40. The predicted octanol–water partition coefficient (Wildman–Crippen LogP) is 2.84. The van der Waals surface area contributed by atoms with Crippen LogP contribution in [0.4, 0.5) is 0 Å². The van der Waals surface area contributed by atoms with Crippen molar-refractivity contribution in [3.63, 3.8) is 0 Å². The number of hydrogen-bond acceptors (Lipinski definition) is 1. The molecule has 0 saturated carbocycles. The molecular formula is C14H16N. The number of nitrogens with zero attached hydrogens (tertiary/aromatic N) is 1. The Morgan fingerprint density at radius 3 is 2.67 bits per heavy atom. The van der Waals surface area contributed by atoms with Gasteiger partial charge in [0.05, 0.1) is 0 Å². The summed E-state index contributed by atoms with van der Waals surface area (Å²) in [5, 5.41) is 0. The van der Waals surface area contributed by atoms with Gasteiger partial charge in [-0.2, -0.15) is 0 Å². The summed E-state index contributed by atoms with van der Waals surface area (Å²) >= 11 is 0. The maximum Gasteiger partial charge on any atom is 0.0240 e. The van der Waals surface area contributed by atoms with Crippen molar-refractivity contribution in [2.24, 2.45) is 0 Å². The van der Waals surface area contributed by atoms with Crippen LogP contribution in [-0.2, 0) is 0 Å². The van der Waals surface area contributed by atoms with Gasteiger partial charge in [0.15, 0.2) is 0 Å². The highest BCUT2D eigenvalue weighted by Crippen LogP contribution is 2.32. The summed E-state index contributed by atoms with van der Waals surface area (Å²) in [6, 6.07) is 8.68. The molecule has 0 amide bonds. The Morgan fingerprint density at radius 1 is 1.07 bits per heavy atom. The monoisotopic (exact) mass is 198 g/mol. The number of rotatable bonds is 2. The average molecular weight is 198 g/mol. The van der Waals surface area contributed by atoms with E-state index in [9.17, 15) is 0 Å². The smallest absolute Gasteiger partial charge is 0.0240 e. The normalized spacial score (nSPS) is 20.4. The molecule has 77 valence electrons. The average Bonchev–Trinajstić information content (AvgIpc) is 2.27. The first-order chi connectivity index (χ1) is 7.43. The van der Waals surface area contributed by atoms with Crippen LogP contribution in [0, 0.1) is 6.42 Å². The van der Waals surface area contributed by atoms with Crippen LogP contribution < -0.4 is 0 Å². The van der Waals surface area contributed by atoms with Crippen LogP contribution in [0.15, 0.2) is 24.3 Å². The van der Waals surface area contributed by atoms with Gasteiger partial charge in [0, 0.05) is 6.54 Å². The van der Waals surface area contributed by atoms with Gasteiger partial charge in [0.2, 0.25) is 0 Å². The minimum atomic E-state index is 1.14. The zero-order valence-corrected chi connectivity index (χ0v) is 8.95. The Morgan fingerprint density at radius 2 is 1.87 bits per heavy atom. The van der Waals surface area contributed by atoms with Crippen molar-refractivity contribution in [3.8, 4) is 0 Å². The van der Waals surface area contributed by atoms with Gasteiger partial charge in [-0.1, -0.05) is 24.3 Å². The molecule has 1 aliphatic carbocycles. The van der Waals surface area contributed by atoms with Gasteiger partial charge in [-0.05, 0) is 55.1 Å². The summed E-state index contributed by atoms with van der Waals surface area (Å²) in [6.45, 7) is 3.61. The molecule has 1 aromatic carbocycles. The zero-order valence-electron chi connectivity index (χ0n) is 8.95. The SMILES string of the molecule is [CH]1CCN(CC2=Cc3ccccc32)CC1. The number of piperidine rings is 1. The van der Waals surface area contributed by atoms with Gasteiger partial charge < -0.3 is 0 Å². The third-order valence-electron chi connectivity index (χ3n) is 3.33. The van der Waals surface area contributed by atoms with E-state index in [-0.39, 0.29) is 0 Å². The summed E-state index contributed by atoms with van der Waals surface area (Å²) < 4.78 is 0. The highest BCUT2D eigenvalue weighted by atomic mass is 15.1. The highest BCUT2D eigenvalue weighted by molar-refractivity contribution is 5.96. The van der Waals surface area contributed by atoms with E-state index in [1.165, 1.54) is 42.6 Å². The molecule has 15 heavy (non-hydrogen) atoms. The van der Waals surface area contributed by atoms with Crippen molar-refractivity contribution < 1.29 is 0 Å². The molecule has 1 fully saturated rings. The first-order valence-corrected chi connectivity index (χ1v) is 5.77. The number of hydrogen-bond donors (Lipinski definition) is 0. The van der Waals surface area contributed by atoms with Crippen molar-refractivity contribution in [3.05, 3.63) is 41.8 Å². The molecule has 1 radical (unpaired) electrons. The lowest BCUT2D eigenvalue weighted by Crippen LogP contribution is -2.32. The van der Waals surface area contributed by atoms with Crippen molar-refractivity contribution >= 4 is 11.6 Å². The Hall–Kier alpha value is -1.08. The number of fused-ring (bicyclic) bond motifs is 1. The molecule has 3 rings (SSSR count). The van der Waals surface area contributed by atoms with E-state index >= 15 is 0 Å². The molecule has 0 N–H and O–H groups in total. The molecule has 0 bridgehead atoms. The van der Waals surface area contributed by atoms with Crippen LogP contribution in [0.5, 0.6) is 0 Å². The van der Waals surface area contributed by atoms with Gasteiger partial charge in [-0.25, -0.2) is 0 Å². The fourth-order valence-corrected chi connectivity index (χ4v) is 2.44. The van der Waals surface area contributed by atoms with E-state index in [4.69, 9.17) is 0 Å². The lowest BCUT2D eigenvalue weighted by atomic mass is 9.88. The van der Waals surface area contributed by atoms with Crippen LogP contribution >= 0.6 is 0 Å². The molecule has 0 atom stereocenters. The molecule has 1 heterocycles. The Balaban J connectivity index is 1.66. The van der Waals surface area contributed by atoms with Gasteiger partial charge in [-0.3, -0.25) is 4.90 Å². The van der Waals surface area contributed by atoms with E-state index in [2.05, 4.69) is 41.7 Å². The van der Waals surface area contributed by atoms with Gasteiger partial charge in [0.25, 0.3) is 0 Å². The highest BCUT2D eigenvalue weighted by Gasteiger charge is 2.18. The maximum absolute atomic E-state index is 2.56. The number of likely N-dealkylation sites (tertiary alicyclic amines) is 1. The van der Waals surface area contributed by atoms with Gasteiger partial charge in [-0.15, -0.1) is 0 Å². The Kier molecular flexibility index (Phi) is 2.34. The molecule has 1 aromatic rings. The summed E-state index contributed by atoms with van der Waals surface area (Å²) in [5.41, 5.74) is 4.40. The van der Waals surface area contributed by atoms with Gasteiger partial charge >= 0.3 is 0 Å².